The number of aryl methyl sites for hydroxylation is 2. The van der Waals surface area contributed by atoms with Crippen LogP contribution in [-0.4, -0.2) is 11.4 Å². The number of benzene rings is 1. The minimum atomic E-state index is 0.319. The lowest BCUT2D eigenvalue weighted by Gasteiger charge is -2.04. The van der Waals surface area contributed by atoms with Crippen LogP contribution in [0.1, 0.15) is 17.5 Å². The standard InChI is InChI=1S/C10H12O2/c1-8-4-2-5-9(10(8)12)6-3-7-11/h2,4-5,7,12H,3,6H2,1H3. The molecule has 0 spiro atoms. The summed E-state index contributed by atoms with van der Waals surface area (Å²) >= 11 is 0. The van der Waals surface area contributed by atoms with Crippen LogP contribution >= 0.6 is 0 Å². The molecule has 0 saturated carbocycles. The van der Waals surface area contributed by atoms with Crippen LogP contribution in [0.3, 0.4) is 0 Å². The zero-order valence-electron chi connectivity index (χ0n) is 7.08. The number of para-hydroxylation sites is 1. The smallest absolute Gasteiger partial charge is 0.121 e. The van der Waals surface area contributed by atoms with E-state index < -0.39 is 0 Å². The summed E-state index contributed by atoms with van der Waals surface area (Å²) in [5.41, 5.74) is 1.71. The maximum absolute atomic E-state index is 10.1. The largest absolute Gasteiger partial charge is 0.507 e. The van der Waals surface area contributed by atoms with E-state index >= 15 is 0 Å². The quantitative estimate of drug-likeness (QED) is 0.692. The third kappa shape index (κ3) is 1.84. The van der Waals surface area contributed by atoms with E-state index in [1.54, 1.807) is 0 Å². The first-order chi connectivity index (χ1) is 5.75. The number of carbonyl (C=O) groups excluding carboxylic acids is 1. The minimum Gasteiger partial charge on any atom is -0.507 e. The van der Waals surface area contributed by atoms with Crippen LogP contribution in [0.15, 0.2) is 18.2 Å². The molecule has 1 aromatic carbocycles. The van der Waals surface area contributed by atoms with E-state index in [0.29, 0.717) is 18.6 Å². The summed E-state index contributed by atoms with van der Waals surface area (Å²) in [6.45, 7) is 1.85. The molecule has 0 aliphatic heterocycles. The van der Waals surface area contributed by atoms with E-state index in [9.17, 15) is 9.90 Å². The molecule has 0 heterocycles. The van der Waals surface area contributed by atoms with Gasteiger partial charge < -0.3 is 9.90 Å². The van der Waals surface area contributed by atoms with Gasteiger partial charge in [0.2, 0.25) is 0 Å². The maximum atomic E-state index is 10.1. The average Bonchev–Trinajstić information content (AvgIpc) is 2.08. The summed E-state index contributed by atoms with van der Waals surface area (Å²) in [6, 6.07) is 5.57. The minimum absolute atomic E-state index is 0.319. The van der Waals surface area contributed by atoms with Crippen molar-refractivity contribution in [2.24, 2.45) is 0 Å². The Kier molecular flexibility index (Phi) is 2.86. The third-order valence-corrected chi connectivity index (χ3v) is 1.85. The van der Waals surface area contributed by atoms with Crippen molar-refractivity contribution in [3.05, 3.63) is 29.3 Å². The Morgan fingerprint density at radius 2 is 2.25 bits per heavy atom. The molecule has 1 rings (SSSR count). The predicted octanol–water partition coefficient (Wildman–Crippen LogP) is 1.83. The summed E-state index contributed by atoms with van der Waals surface area (Å²) in [4.78, 5) is 10.1. The Morgan fingerprint density at radius 1 is 1.50 bits per heavy atom. The Balaban J connectivity index is 2.84. The molecular formula is C10H12O2. The highest BCUT2D eigenvalue weighted by Gasteiger charge is 2.01. The third-order valence-electron chi connectivity index (χ3n) is 1.85. The van der Waals surface area contributed by atoms with Crippen molar-refractivity contribution in [1.29, 1.82) is 0 Å². The average molecular weight is 164 g/mol. The summed E-state index contributed by atoms with van der Waals surface area (Å²) in [7, 11) is 0. The van der Waals surface area contributed by atoms with Gasteiger partial charge in [-0.3, -0.25) is 0 Å². The van der Waals surface area contributed by atoms with Gasteiger partial charge in [-0.25, -0.2) is 0 Å². The van der Waals surface area contributed by atoms with Gasteiger partial charge in [0.25, 0.3) is 0 Å². The molecule has 0 amide bonds. The zero-order valence-corrected chi connectivity index (χ0v) is 7.08. The van der Waals surface area contributed by atoms with Crippen molar-refractivity contribution >= 4 is 6.29 Å². The Bertz CT molecular complexity index is 279. The molecule has 0 saturated heterocycles. The molecule has 0 atom stereocenters. The van der Waals surface area contributed by atoms with E-state index in [1.165, 1.54) is 0 Å². The molecule has 0 unspecified atom stereocenters. The first-order valence-corrected chi connectivity index (χ1v) is 3.97. The molecule has 2 heteroatoms. The molecule has 1 N–H and O–H groups in total. The highest BCUT2D eigenvalue weighted by atomic mass is 16.3. The van der Waals surface area contributed by atoms with Gasteiger partial charge in [0.05, 0.1) is 0 Å². The number of phenolic OH excluding ortho intramolecular Hbond substituents is 1. The van der Waals surface area contributed by atoms with Crippen molar-refractivity contribution in [2.75, 3.05) is 0 Å². The van der Waals surface area contributed by atoms with Crippen LogP contribution < -0.4 is 0 Å². The van der Waals surface area contributed by atoms with Gasteiger partial charge in [0.1, 0.15) is 12.0 Å². The van der Waals surface area contributed by atoms with E-state index in [-0.39, 0.29) is 0 Å². The second kappa shape index (κ2) is 3.90. The van der Waals surface area contributed by atoms with Gasteiger partial charge in [0.15, 0.2) is 0 Å². The zero-order chi connectivity index (χ0) is 8.97. The number of aldehydes is 1. The van der Waals surface area contributed by atoms with Crippen molar-refractivity contribution in [3.63, 3.8) is 0 Å². The van der Waals surface area contributed by atoms with Crippen molar-refractivity contribution in [3.8, 4) is 5.75 Å². The molecule has 0 radical (unpaired) electrons. The van der Waals surface area contributed by atoms with E-state index in [2.05, 4.69) is 0 Å². The first kappa shape index (κ1) is 8.78. The second-order valence-corrected chi connectivity index (χ2v) is 2.79. The Morgan fingerprint density at radius 3 is 2.92 bits per heavy atom. The van der Waals surface area contributed by atoms with Gasteiger partial charge in [-0.05, 0) is 24.5 Å². The summed E-state index contributed by atoms with van der Waals surface area (Å²) in [5, 5.41) is 9.51. The van der Waals surface area contributed by atoms with Crippen molar-refractivity contribution in [2.45, 2.75) is 19.8 Å². The van der Waals surface area contributed by atoms with Gasteiger partial charge >= 0.3 is 0 Å². The van der Waals surface area contributed by atoms with Crippen LogP contribution in [0.4, 0.5) is 0 Å². The Labute approximate surface area is 71.8 Å². The van der Waals surface area contributed by atoms with Crippen LogP contribution in [-0.2, 0) is 11.2 Å². The van der Waals surface area contributed by atoms with Crippen LogP contribution in [0.2, 0.25) is 0 Å². The first-order valence-electron chi connectivity index (χ1n) is 3.97. The number of carbonyl (C=O) groups is 1. The highest BCUT2D eigenvalue weighted by molar-refractivity contribution is 5.51. The molecular weight excluding hydrogens is 152 g/mol. The van der Waals surface area contributed by atoms with Gasteiger partial charge in [-0.1, -0.05) is 18.2 Å². The molecule has 0 bridgehead atoms. The topological polar surface area (TPSA) is 37.3 Å². The fourth-order valence-corrected chi connectivity index (χ4v) is 1.14. The van der Waals surface area contributed by atoms with E-state index in [1.807, 2.05) is 25.1 Å². The lowest BCUT2D eigenvalue weighted by molar-refractivity contribution is -0.107. The summed E-state index contributed by atoms with van der Waals surface area (Å²) in [5.74, 6) is 0.319. The SMILES string of the molecule is Cc1cccc(CCC=O)c1O. The van der Waals surface area contributed by atoms with Gasteiger partial charge in [0, 0.05) is 6.42 Å². The van der Waals surface area contributed by atoms with E-state index in [0.717, 1.165) is 17.4 Å². The lowest BCUT2D eigenvalue weighted by Crippen LogP contribution is -1.88. The van der Waals surface area contributed by atoms with Crippen LogP contribution in [0, 0.1) is 6.92 Å². The molecule has 0 aliphatic carbocycles. The van der Waals surface area contributed by atoms with Crippen LogP contribution in [0.5, 0.6) is 5.75 Å². The fourth-order valence-electron chi connectivity index (χ4n) is 1.14. The molecule has 12 heavy (non-hydrogen) atoms. The normalized spacial score (nSPS) is 9.75. The molecule has 0 aromatic heterocycles. The number of rotatable bonds is 3. The lowest BCUT2D eigenvalue weighted by atomic mass is 10.1. The molecule has 1 aromatic rings. The van der Waals surface area contributed by atoms with E-state index in [4.69, 9.17) is 0 Å². The van der Waals surface area contributed by atoms with Crippen LogP contribution in [0.25, 0.3) is 0 Å². The maximum Gasteiger partial charge on any atom is 0.121 e. The van der Waals surface area contributed by atoms with Gasteiger partial charge in [-0.2, -0.15) is 0 Å². The molecule has 64 valence electrons. The summed E-state index contributed by atoms with van der Waals surface area (Å²) in [6.07, 6.45) is 1.95. The number of aromatic hydroxyl groups is 1. The second-order valence-electron chi connectivity index (χ2n) is 2.79. The number of phenols is 1. The Hall–Kier alpha value is -1.31. The highest BCUT2D eigenvalue weighted by Crippen LogP contribution is 2.21. The van der Waals surface area contributed by atoms with Gasteiger partial charge in [-0.15, -0.1) is 0 Å². The van der Waals surface area contributed by atoms with Crippen molar-refractivity contribution in [1.82, 2.24) is 0 Å². The number of hydrogen-bond acceptors (Lipinski definition) is 2. The van der Waals surface area contributed by atoms with Crippen molar-refractivity contribution < 1.29 is 9.90 Å². The molecule has 0 fully saturated rings. The predicted molar refractivity (Wildman–Crippen MR) is 47.2 cm³/mol. The summed E-state index contributed by atoms with van der Waals surface area (Å²) < 4.78 is 0. The fraction of sp³-hybridized carbons (Fsp3) is 0.300. The molecule has 0 aliphatic rings. The molecule has 2 nitrogen and oxygen atoms in total. The number of hydrogen-bond donors (Lipinski definition) is 1. The monoisotopic (exact) mass is 164 g/mol.